The van der Waals surface area contributed by atoms with Gasteiger partial charge in [-0.3, -0.25) is 19.2 Å². The molecule has 9 heteroatoms. The molecule has 1 heterocycles. The molecule has 2 aromatic carbocycles. The fourth-order valence-electron chi connectivity index (χ4n) is 3.57. The average molecular weight is 465 g/mol. The van der Waals surface area contributed by atoms with Crippen molar-refractivity contribution in [3.8, 4) is 0 Å². The van der Waals surface area contributed by atoms with Gasteiger partial charge in [0.15, 0.2) is 0 Å². The van der Waals surface area contributed by atoms with Crippen LogP contribution in [-0.4, -0.2) is 75.4 Å². The zero-order valence-electron chi connectivity index (χ0n) is 19.6. The summed E-state index contributed by atoms with van der Waals surface area (Å²) in [5, 5.41) is 8.88. The summed E-state index contributed by atoms with van der Waals surface area (Å²) in [4.78, 5) is 49.1. The number of benzene rings is 2. The van der Waals surface area contributed by atoms with Crippen molar-refractivity contribution in [3.05, 3.63) is 71.8 Å². The summed E-state index contributed by atoms with van der Waals surface area (Å²) in [6.45, 7) is 2.65. The molecule has 1 aliphatic rings. The number of rotatable bonds is 10. The molecule has 0 atom stereocenters. The molecule has 3 rings (SSSR count). The summed E-state index contributed by atoms with van der Waals surface area (Å²) in [7, 11) is 5.76. The van der Waals surface area contributed by atoms with E-state index in [-0.39, 0.29) is 11.8 Å². The van der Waals surface area contributed by atoms with E-state index in [1.54, 1.807) is 37.4 Å². The molecular weight excluding hydrogens is 434 g/mol. The van der Waals surface area contributed by atoms with E-state index < -0.39 is 11.8 Å². The fourth-order valence-corrected chi connectivity index (χ4v) is 3.57. The zero-order chi connectivity index (χ0) is 24.7. The van der Waals surface area contributed by atoms with Crippen molar-refractivity contribution >= 4 is 35.0 Å². The molecule has 0 aliphatic carbocycles. The van der Waals surface area contributed by atoms with Gasteiger partial charge in [-0.05, 0) is 36.4 Å². The topological polar surface area (TPSA) is 108 Å². The molecule has 9 nitrogen and oxygen atoms in total. The van der Waals surface area contributed by atoms with E-state index in [1.807, 2.05) is 18.2 Å². The minimum atomic E-state index is -0.395. The van der Waals surface area contributed by atoms with Crippen molar-refractivity contribution in [3.63, 3.8) is 0 Å². The van der Waals surface area contributed by atoms with Gasteiger partial charge < -0.3 is 20.4 Å². The molecule has 2 aromatic rings. The normalized spacial score (nSPS) is 13.2. The highest BCUT2D eigenvalue weighted by atomic mass is 16.2. The lowest BCUT2D eigenvalue weighted by atomic mass is 10.1. The number of para-hydroxylation sites is 1. The van der Waals surface area contributed by atoms with Gasteiger partial charge in [-0.1, -0.05) is 12.1 Å². The number of hydrogen-bond acceptors (Lipinski definition) is 5. The zero-order valence-corrected chi connectivity index (χ0v) is 19.6. The number of amides is 4. The van der Waals surface area contributed by atoms with Crippen molar-refractivity contribution in [2.75, 3.05) is 57.5 Å². The highest BCUT2D eigenvalue weighted by molar-refractivity contribution is 6.28. The Morgan fingerprint density at radius 2 is 1.47 bits per heavy atom. The number of hydrogen-bond donors (Lipinski definition) is 3. The predicted molar refractivity (Wildman–Crippen MR) is 131 cm³/mol. The summed E-state index contributed by atoms with van der Waals surface area (Å²) >= 11 is 0. The van der Waals surface area contributed by atoms with Crippen LogP contribution in [0, 0.1) is 0 Å². The molecule has 0 fully saturated rings. The van der Waals surface area contributed by atoms with Gasteiger partial charge in [0.25, 0.3) is 23.6 Å². The molecule has 3 N–H and O–H groups in total. The number of likely N-dealkylation sites (N-methyl/N-ethyl adjacent to an activating group) is 1. The van der Waals surface area contributed by atoms with E-state index in [9.17, 15) is 19.2 Å². The van der Waals surface area contributed by atoms with Crippen LogP contribution >= 0.6 is 0 Å². The third-order valence-electron chi connectivity index (χ3n) is 5.63. The van der Waals surface area contributed by atoms with Crippen molar-refractivity contribution in [2.45, 2.75) is 0 Å². The van der Waals surface area contributed by atoms with Crippen LogP contribution in [0.25, 0.3) is 0 Å². The third-order valence-corrected chi connectivity index (χ3v) is 5.63. The molecule has 0 radical (unpaired) electrons. The van der Waals surface area contributed by atoms with E-state index in [1.165, 1.54) is 12.2 Å². The highest BCUT2D eigenvalue weighted by Crippen LogP contribution is 2.19. The van der Waals surface area contributed by atoms with E-state index in [0.29, 0.717) is 40.9 Å². The molecular formula is C25H30N5O4+. The van der Waals surface area contributed by atoms with Crippen LogP contribution in [0.4, 0.5) is 11.4 Å². The Bertz CT molecular complexity index is 1090. The van der Waals surface area contributed by atoms with Crippen LogP contribution < -0.4 is 20.9 Å². The number of imide groups is 1. The minimum Gasteiger partial charge on any atom is -0.379 e. The van der Waals surface area contributed by atoms with Crippen LogP contribution in [0.3, 0.4) is 0 Å². The predicted octanol–water partition coefficient (Wildman–Crippen LogP) is 1.39. The van der Waals surface area contributed by atoms with E-state index >= 15 is 0 Å². The molecule has 0 aromatic heterocycles. The molecule has 0 saturated carbocycles. The van der Waals surface area contributed by atoms with Crippen molar-refractivity contribution in [1.82, 2.24) is 10.6 Å². The maximum absolute atomic E-state index is 12.5. The average Bonchev–Trinajstić information content (AvgIpc) is 3.16. The molecule has 0 spiro atoms. The van der Waals surface area contributed by atoms with Gasteiger partial charge in [-0.2, -0.15) is 0 Å². The second kappa shape index (κ2) is 10.8. The summed E-state index contributed by atoms with van der Waals surface area (Å²) in [6, 6.07) is 13.7. The minimum absolute atomic E-state index is 0.136. The summed E-state index contributed by atoms with van der Waals surface area (Å²) < 4.78 is 0.667. The number of nitrogens with one attached hydrogen (secondary N) is 3. The number of anilines is 2. The number of quaternary nitrogens is 1. The van der Waals surface area contributed by atoms with Crippen LogP contribution in [0.5, 0.6) is 0 Å². The standard InChI is InChI=1S/C25H29N5O4/c1-26-25(34)20-6-4-5-7-21(20)27-14-16-30(2,3)17-15-28-24(33)18-8-10-19(11-9-18)29-22(31)12-13-23(29)32/h4-13H,14-17H2,1-3H3,(H2-,26,27,28,33,34)/p+1. The maximum Gasteiger partial charge on any atom is 0.258 e. The second-order valence-corrected chi connectivity index (χ2v) is 8.58. The van der Waals surface area contributed by atoms with Crippen molar-refractivity contribution in [2.24, 2.45) is 0 Å². The number of carbonyl (C=O) groups excluding carboxylic acids is 4. The molecule has 0 unspecified atom stereocenters. The summed E-state index contributed by atoms with van der Waals surface area (Å²) in [6.07, 6.45) is 2.44. The van der Waals surface area contributed by atoms with E-state index in [2.05, 4.69) is 30.0 Å². The third kappa shape index (κ3) is 6.08. The van der Waals surface area contributed by atoms with Gasteiger partial charge in [0, 0.05) is 30.5 Å². The van der Waals surface area contributed by atoms with E-state index in [0.717, 1.165) is 17.1 Å². The maximum atomic E-state index is 12.5. The van der Waals surface area contributed by atoms with Gasteiger partial charge in [0.2, 0.25) is 0 Å². The lowest BCUT2D eigenvalue weighted by Crippen LogP contribution is -2.47. The molecule has 178 valence electrons. The Morgan fingerprint density at radius 1 is 0.853 bits per heavy atom. The Labute approximate surface area is 199 Å². The largest absolute Gasteiger partial charge is 0.379 e. The molecule has 0 bridgehead atoms. The molecule has 1 aliphatic heterocycles. The van der Waals surface area contributed by atoms with Crippen molar-refractivity contribution in [1.29, 1.82) is 0 Å². The van der Waals surface area contributed by atoms with Crippen LogP contribution in [-0.2, 0) is 9.59 Å². The van der Waals surface area contributed by atoms with Gasteiger partial charge in [-0.15, -0.1) is 0 Å². The summed E-state index contributed by atoms with van der Waals surface area (Å²) in [5.41, 5.74) is 2.27. The van der Waals surface area contributed by atoms with Crippen LogP contribution in [0.2, 0.25) is 0 Å². The number of nitrogens with zero attached hydrogens (tertiary/aromatic N) is 2. The molecule has 0 saturated heterocycles. The second-order valence-electron chi connectivity index (χ2n) is 8.58. The van der Waals surface area contributed by atoms with Gasteiger partial charge in [0.05, 0.1) is 51.5 Å². The SMILES string of the molecule is CNC(=O)c1ccccc1NCC[N+](C)(C)CCNC(=O)c1ccc(N2C(=O)C=CC2=O)cc1. The lowest BCUT2D eigenvalue weighted by Gasteiger charge is -2.30. The lowest BCUT2D eigenvalue weighted by molar-refractivity contribution is -0.887. The first kappa shape index (κ1) is 24.7. The Morgan fingerprint density at radius 3 is 2.12 bits per heavy atom. The van der Waals surface area contributed by atoms with Crippen LogP contribution in [0.1, 0.15) is 20.7 Å². The quantitative estimate of drug-likeness (QED) is 0.364. The smallest absolute Gasteiger partial charge is 0.258 e. The van der Waals surface area contributed by atoms with E-state index in [4.69, 9.17) is 0 Å². The first-order valence-corrected chi connectivity index (χ1v) is 11.0. The van der Waals surface area contributed by atoms with Gasteiger partial charge in [0.1, 0.15) is 0 Å². The summed E-state index contributed by atoms with van der Waals surface area (Å²) in [5.74, 6) is -1.15. The fraction of sp³-hybridized carbons (Fsp3) is 0.280. The van der Waals surface area contributed by atoms with Crippen LogP contribution in [0.15, 0.2) is 60.7 Å². The van der Waals surface area contributed by atoms with Gasteiger partial charge in [-0.25, -0.2) is 4.90 Å². The number of carbonyl (C=O) groups is 4. The molecule has 4 amide bonds. The Kier molecular flexibility index (Phi) is 7.80. The molecule has 34 heavy (non-hydrogen) atoms. The monoisotopic (exact) mass is 464 g/mol. The Hall–Kier alpha value is -3.98. The van der Waals surface area contributed by atoms with Gasteiger partial charge >= 0.3 is 0 Å². The first-order valence-electron chi connectivity index (χ1n) is 11.0. The first-order chi connectivity index (χ1) is 16.2. The highest BCUT2D eigenvalue weighted by Gasteiger charge is 2.25. The Balaban J connectivity index is 1.45. The van der Waals surface area contributed by atoms with Crippen molar-refractivity contribution < 1.29 is 23.7 Å².